The van der Waals surface area contributed by atoms with Gasteiger partial charge in [-0.05, 0) is 72.8 Å². The molecule has 2 saturated heterocycles. The summed E-state index contributed by atoms with van der Waals surface area (Å²) < 4.78 is 5.56. The molecule has 4 atom stereocenters. The van der Waals surface area contributed by atoms with Gasteiger partial charge in [0.15, 0.2) is 0 Å². The number of rotatable bonds is 12. The minimum atomic E-state index is -1.26. The maximum Gasteiger partial charge on any atom is 0.408 e. The molecular formula is C48H48N8O6. The predicted octanol–water partition coefficient (Wildman–Crippen LogP) is 8.49. The van der Waals surface area contributed by atoms with Gasteiger partial charge in [0.25, 0.3) is 11.8 Å². The van der Waals surface area contributed by atoms with Gasteiger partial charge < -0.3 is 40.2 Å². The van der Waals surface area contributed by atoms with E-state index < -0.39 is 24.3 Å². The molecule has 14 heteroatoms. The van der Waals surface area contributed by atoms with Gasteiger partial charge in [-0.15, -0.1) is 0 Å². The van der Waals surface area contributed by atoms with Gasteiger partial charge in [0.1, 0.15) is 29.8 Å². The van der Waals surface area contributed by atoms with Crippen molar-refractivity contribution in [3.05, 3.63) is 144 Å². The molecule has 0 radical (unpaired) electrons. The number of aromatic nitrogens is 4. The lowest BCUT2D eigenvalue weighted by molar-refractivity contribution is -0.135. The van der Waals surface area contributed by atoms with Gasteiger partial charge in [0, 0.05) is 24.8 Å². The van der Waals surface area contributed by atoms with Crippen LogP contribution in [0.1, 0.15) is 91.9 Å². The van der Waals surface area contributed by atoms with Gasteiger partial charge in [-0.3, -0.25) is 9.59 Å². The first-order valence-electron chi connectivity index (χ1n) is 21.3. The summed E-state index contributed by atoms with van der Waals surface area (Å²) in [6, 6.07) is 32.1. The molecule has 9 rings (SSSR count). The average molecular weight is 833 g/mol. The summed E-state index contributed by atoms with van der Waals surface area (Å²) >= 11 is 0. The summed E-state index contributed by atoms with van der Waals surface area (Å²) in [6.45, 7) is 1.06. The van der Waals surface area contributed by atoms with Crippen LogP contribution < -0.4 is 10.6 Å². The molecule has 62 heavy (non-hydrogen) atoms. The Morgan fingerprint density at radius 3 is 1.73 bits per heavy atom. The van der Waals surface area contributed by atoms with Crippen molar-refractivity contribution < 1.29 is 29.0 Å². The molecule has 4 aromatic carbocycles. The van der Waals surface area contributed by atoms with Crippen molar-refractivity contribution in [3.63, 3.8) is 0 Å². The lowest BCUT2D eigenvalue weighted by atomic mass is 9.96. The monoisotopic (exact) mass is 832 g/mol. The van der Waals surface area contributed by atoms with E-state index in [4.69, 9.17) is 14.7 Å². The maximum absolute atomic E-state index is 14.1. The van der Waals surface area contributed by atoms with E-state index in [9.17, 15) is 24.3 Å². The van der Waals surface area contributed by atoms with Gasteiger partial charge in [-0.25, -0.2) is 19.6 Å². The van der Waals surface area contributed by atoms with Crippen molar-refractivity contribution in [2.45, 2.75) is 75.2 Å². The molecule has 3 fully saturated rings. The normalized spacial score (nSPS) is 18.5. The summed E-state index contributed by atoms with van der Waals surface area (Å²) in [6.07, 6.45) is 7.52. The van der Waals surface area contributed by atoms with Crippen molar-refractivity contribution >= 4 is 24.0 Å². The van der Waals surface area contributed by atoms with E-state index in [1.165, 1.54) is 0 Å². The van der Waals surface area contributed by atoms with E-state index in [2.05, 4.69) is 44.9 Å². The molecule has 3 aliphatic rings. The van der Waals surface area contributed by atoms with E-state index in [1.807, 2.05) is 71.8 Å². The van der Waals surface area contributed by atoms with Crippen LogP contribution in [0.4, 0.5) is 9.59 Å². The smallest absolute Gasteiger partial charge is 0.408 e. The number of imidazole rings is 2. The first kappa shape index (κ1) is 40.2. The molecule has 6 aromatic rings. The molecule has 5 N–H and O–H groups in total. The number of hydrogen-bond acceptors (Lipinski definition) is 7. The lowest BCUT2D eigenvalue weighted by Crippen LogP contribution is -2.44. The highest BCUT2D eigenvalue weighted by atomic mass is 16.6. The average Bonchev–Trinajstić information content (AvgIpc) is 4.14. The number of amides is 4. The lowest BCUT2D eigenvalue weighted by Gasteiger charge is -2.30. The molecule has 14 nitrogen and oxygen atoms in total. The number of alkyl carbamates (subject to hydrolysis) is 1. The van der Waals surface area contributed by atoms with Crippen LogP contribution in [-0.4, -0.2) is 78.0 Å². The molecule has 4 amide bonds. The molecular weight excluding hydrogens is 785 g/mol. The van der Waals surface area contributed by atoms with Gasteiger partial charge in [0.05, 0.1) is 29.7 Å². The van der Waals surface area contributed by atoms with E-state index in [0.717, 1.165) is 72.2 Å². The van der Waals surface area contributed by atoms with Crippen molar-refractivity contribution in [2.75, 3.05) is 13.1 Å². The third-order valence-electron chi connectivity index (χ3n) is 12.2. The number of ether oxygens (including phenoxy) is 1. The van der Waals surface area contributed by atoms with Crippen molar-refractivity contribution in [1.82, 2.24) is 40.4 Å². The standard InChI is InChI=1S/C48H48N8O6/c57-45(41(53-47(59)60)34-10-3-1-4-11-34)55-26-8-16-39(55)43-49-28-37(51-43)32-22-18-30(19-23-32)31-20-24-33(25-21-31)38-29-50-44(52-38)40-17-9-27-56(40)46(58)42(35-12-5-2-6-13-35)54-48(61)62-36-14-7-15-36/h1-6,10-13,18-25,28-29,36,39-42,53H,7-9,14-17,26-27H2,(H,49,51)(H,50,52)(H,54,61)(H,59,60)/t39-,40-,41+,42+/m0/s1. The summed E-state index contributed by atoms with van der Waals surface area (Å²) in [7, 11) is 0. The molecule has 0 unspecified atom stereocenters. The quantitative estimate of drug-likeness (QED) is 0.0813. The van der Waals surface area contributed by atoms with Crippen molar-refractivity contribution in [2.24, 2.45) is 0 Å². The third-order valence-corrected chi connectivity index (χ3v) is 12.2. The van der Waals surface area contributed by atoms with Crippen LogP contribution in [-0.2, 0) is 14.3 Å². The summed E-state index contributed by atoms with van der Waals surface area (Å²) in [5.74, 6) is 0.869. The van der Waals surface area contributed by atoms with Crippen LogP contribution in [0.3, 0.4) is 0 Å². The second kappa shape index (κ2) is 17.8. The summed E-state index contributed by atoms with van der Waals surface area (Å²) in [4.78, 5) is 72.3. The van der Waals surface area contributed by atoms with Gasteiger partial charge in [-0.1, -0.05) is 109 Å². The summed E-state index contributed by atoms with van der Waals surface area (Å²) in [5.41, 5.74) is 6.83. The third kappa shape index (κ3) is 8.53. The number of nitrogens with zero attached hydrogens (tertiary/aromatic N) is 4. The maximum atomic E-state index is 14.1. The molecule has 0 bridgehead atoms. The molecule has 2 aromatic heterocycles. The van der Waals surface area contributed by atoms with Crippen LogP contribution in [0.5, 0.6) is 0 Å². The first-order chi connectivity index (χ1) is 30.3. The van der Waals surface area contributed by atoms with Crippen LogP contribution in [0, 0.1) is 0 Å². The zero-order chi connectivity index (χ0) is 42.6. The number of carbonyl (C=O) groups excluding carboxylic acids is 3. The number of H-pyrrole nitrogens is 2. The number of carbonyl (C=O) groups is 4. The van der Waals surface area contributed by atoms with Crippen LogP contribution in [0.2, 0.25) is 0 Å². The molecule has 2 aliphatic heterocycles. The van der Waals surface area contributed by atoms with E-state index in [-0.39, 0.29) is 30.0 Å². The van der Waals surface area contributed by atoms with Crippen LogP contribution >= 0.6 is 0 Å². The number of likely N-dealkylation sites (tertiary alicyclic amines) is 2. The fourth-order valence-electron chi connectivity index (χ4n) is 8.73. The van der Waals surface area contributed by atoms with Gasteiger partial charge in [0.2, 0.25) is 0 Å². The Bertz CT molecular complexity index is 2520. The fraction of sp³-hybridized carbons (Fsp3) is 0.292. The minimum Gasteiger partial charge on any atom is -0.465 e. The SMILES string of the molecule is O=C(O)N[C@@H](C(=O)N1CCC[C@H]1c1nc(-c2ccc(-c3ccc(-c4cnc([C@@H]5CCCN5C(=O)[C@H](NC(=O)OC5CCC5)c5ccccc5)[nH]4)cc3)cc2)c[nH]1)c1ccccc1. The van der Waals surface area contributed by atoms with Crippen molar-refractivity contribution in [1.29, 1.82) is 0 Å². The molecule has 1 saturated carbocycles. The highest BCUT2D eigenvalue weighted by molar-refractivity contribution is 5.88. The highest BCUT2D eigenvalue weighted by Crippen LogP contribution is 2.36. The Balaban J connectivity index is 0.851. The minimum absolute atomic E-state index is 0.0941. The Hall–Kier alpha value is -7.22. The molecule has 0 spiro atoms. The van der Waals surface area contributed by atoms with E-state index in [1.54, 1.807) is 35.4 Å². The largest absolute Gasteiger partial charge is 0.465 e. The second-order valence-corrected chi connectivity index (χ2v) is 16.1. The van der Waals surface area contributed by atoms with Crippen LogP contribution in [0.25, 0.3) is 33.6 Å². The van der Waals surface area contributed by atoms with Gasteiger partial charge in [-0.2, -0.15) is 0 Å². The first-order valence-corrected chi connectivity index (χ1v) is 21.3. The predicted molar refractivity (Wildman–Crippen MR) is 231 cm³/mol. The zero-order valence-corrected chi connectivity index (χ0v) is 34.1. The van der Waals surface area contributed by atoms with E-state index in [0.29, 0.717) is 42.3 Å². The topological polar surface area (TPSA) is 186 Å². The Labute approximate surface area is 358 Å². The Kier molecular flexibility index (Phi) is 11.5. The highest BCUT2D eigenvalue weighted by Gasteiger charge is 2.39. The number of nitrogens with one attached hydrogen (secondary N) is 4. The molecule has 1 aliphatic carbocycles. The number of benzene rings is 4. The van der Waals surface area contributed by atoms with Crippen LogP contribution in [0.15, 0.2) is 122 Å². The van der Waals surface area contributed by atoms with E-state index >= 15 is 0 Å². The second-order valence-electron chi connectivity index (χ2n) is 16.1. The molecule has 4 heterocycles. The Morgan fingerprint density at radius 2 is 1.18 bits per heavy atom. The fourth-order valence-corrected chi connectivity index (χ4v) is 8.73. The number of carboxylic acid groups (broad SMARTS) is 1. The van der Waals surface area contributed by atoms with Crippen molar-refractivity contribution in [3.8, 4) is 33.6 Å². The van der Waals surface area contributed by atoms with Gasteiger partial charge >= 0.3 is 12.2 Å². The Morgan fingerprint density at radius 1 is 0.645 bits per heavy atom. The molecule has 316 valence electrons. The number of hydrogen-bond donors (Lipinski definition) is 5. The number of aromatic amines is 2. The summed E-state index contributed by atoms with van der Waals surface area (Å²) in [5, 5.41) is 14.8. The zero-order valence-electron chi connectivity index (χ0n) is 34.1.